The highest BCUT2D eigenvalue weighted by molar-refractivity contribution is 5.36. The maximum Gasteiger partial charge on any atom is 0.293 e. The largest absolute Gasteiger partial charge is 0.468 e. The van der Waals surface area contributed by atoms with E-state index in [1.54, 1.807) is 0 Å². The van der Waals surface area contributed by atoms with Crippen LogP contribution in [0.3, 0.4) is 0 Å². The summed E-state index contributed by atoms with van der Waals surface area (Å²) in [7, 11) is 0. The molecule has 16 heavy (non-hydrogen) atoms. The lowest BCUT2D eigenvalue weighted by Gasteiger charge is -2.04. The number of carbonyl (C=O) groups is 1. The van der Waals surface area contributed by atoms with Crippen molar-refractivity contribution in [1.29, 1.82) is 0 Å². The van der Waals surface area contributed by atoms with Gasteiger partial charge in [-0.3, -0.25) is 4.79 Å². The predicted octanol–water partition coefficient (Wildman–Crippen LogP) is 2.55. The Kier molecular flexibility index (Phi) is 7.09. The molecule has 0 heterocycles. The number of benzene rings is 1. The second-order valence-electron chi connectivity index (χ2n) is 3.57. The molecule has 88 valence electrons. The standard InChI is InChI=1S/C13H18O3/c14-12-16-10-6-2-5-9-15-11-13-7-3-1-4-8-13/h1,3-4,7-8,12H,2,5-6,9-11H2. The van der Waals surface area contributed by atoms with Gasteiger partial charge in [-0.2, -0.15) is 0 Å². The van der Waals surface area contributed by atoms with Crippen LogP contribution in [0.5, 0.6) is 0 Å². The maximum atomic E-state index is 9.85. The Morgan fingerprint density at radius 1 is 1.00 bits per heavy atom. The fraction of sp³-hybridized carbons (Fsp3) is 0.462. The molecule has 0 atom stereocenters. The van der Waals surface area contributed by atoms with E-state index in [1.165, 1.54) is 5.56 Å². The zero-order valence-corrected chi connectivity index (χ0v) is 9.43. The minimum absolute atomic E-state index is 0.492. The summed E-state index contributed by atoms with van der Waals surface area (Å²) in [5, 5.41) is 0. The monoisotopic (exact) mass is 222 g/mol. The summed E-state index contributed by atoms with van der Waals surface area (Å²) >= 11 is 0. The van der Waals surface area contributed by atoms with Crippen molar-refractivity contribution < 1.29 is 14.3 Å². The van der Waals surface area contributed by atoms with E-state index in [0.717, 1.165) is 25.9 Å². The Hall–Kier alpha value is -1.35. The molecular weight excluding hydrogens is 204 g/mol. The summed E-state index contributed by atoms with van der Waals surface area (Å²) in [6.07, 6.45) is 2.95. The molecule has 0 aromatic heterocycles. The molecule has 3 nitrogen and oxygen atoms in total. The molecule has 0 fully saturated rings. The summed E-state index contributed by atoms with van der Waals surface area (Å²) in [6.45, 7) is 2.44. The van der Waals surface area contributed by atoms with Gasteiger partial charge >= 0.3 is 0 Å². The van der Waals surface area contributed by atoms with Crippen molar-refractivity contribution in [3.8, 4) is 0 Å². The molecule has 0 saturated heterocycles. The number of ether oxygens (including phenoxy) is 2. The first-order valence-corrected chi connectivity index (χ1v) is 5.60. The van der Waals surface area contributed by atoms with Crippen LogP contribution in [-0.4, -0.2) is 19.7 Å². The Labute approximate surface area is 96.4 Å². The second kappa shape index (κ2) is 8.92. The minimum atomic E-state index is 0.492. The summed E-state index contributed by atoms with van der Waals surface area (Å²) in [5.41, 5.74) is 1.20. The lowest BCUT2D eigenvalue weighted by Crippen LogP contribution is -1.97. The second-order valence-corrected chi connectivity index (χ2v) is 3.57. The van der Waals surface area contributed by atoms with E-state index in [0.29, 0.717) is 19.7 Å². The Bertz CT molecular complexity index is 272. The van der Waals surface area contributed by atoms with Crippen LogP contribution in [0, 0.1) is 0 Å². The van der Waals surface area contributed by atoms with Crippen molar-refractivity contribution in [2.45, 2.75) is 25.9 Å². The molecule has 1 aromatic rings. The van der Waals surface area contributed by atoms with Gasteiger partial charge in [-0.15, -0.1) is 0 Å². The number of carbonyl (C=O) groups excluding carboxylic acids is 1. The average molecular weight is 222 g/mol. The van der Waals surface area contributed by atoms with E-state index < -0.39 is 0 Å². The average Bonchev–Trinajstić information content (AvgIpc) is 2.34. The van der Waals surface area contributed by atoms with E-state index in [-0.39, 0.29) is 0 Å². The Morgan fingerprint density at radius 3 is 2.50 bits per heavy atom. The van der Waals surface area contributed by atoms with Gasteiger partial charge in [-0.1, -0.05) is 30.3 Å². The first-order chi connectivity index (χ1) is 7.93. The van der Waals surface area contributed by atoms with E-state index >= 15 is 0 Å². The van der Waals surface area contributed by atoms with Gasteiger partial charge in [0.05, 0.1) is 13.2 Å². The summed E-state index contributed by atoms with van der Waals surface area (Å²) in [6, 6.07) is 10.1. The van der Waals surface area contributed by atoms with Crippen LogP contribution in [-0.2, 0) is 20.9 Å². The fourth-order valence-corrected chi connectivity index (χ4v) is 1.38. The third-order valence-electron chi connectivity index (χ3n) is 2.23. The Morgan fingerprint density at radius 2 is 1.75 bits per heavy atom. The van der Waals surface area contributed by atoms with Crippen LogP contribution in [0.1, 0.15) is 24.8 Å². The topological polar surface area (TPSA) is 35.5 Å². The number of hydrogen-bond acceptors (Lipinski definition) is 3. The minimum Gasteiger partial charge on any atom is -0.468 e. The fourth-order valence-electron chi connectivity index (χ4n) is 1.38. The van der Waals surface area contributed by atoms with Crippen LogP contribution < -0.4 is 0 Å². The Balaban J connectivity index is 1.90. The van der Waals surface area contributed by atoms with E-state index in [9.17, 15) is 4.79 Å². The first kappa shape index (κ1) is 12.7. The maximum absolute atomic E-state index is 9.85. The van der Waals surface area contributed by atoms with Gasteiger partial charge in [-0.25, -0.2) is 0 Å². The number of unbranched alkanes of at least 4 members (excludes halogenated alkanes) is 2. The summed E-state index contributed by atoms with van der Waals surface area (Å²) in [4.78, 5) is 9.85. The number of hydrogen-bond donors (Lipinski definition) is 0. The zero-order valence-electron chi connectivity index (χ0n) is 9.43. The molecule has 0 radical (unpaired) electrons. The van der Waals surface area contributed by atoms with E-state index in [1.807, 2.05) is 18.2 Å². The molecule has 1 rings (SSSR count). The van der Waals surface area contributed by atoms with Gasteiger partial charge in [0.2, 0.25) is 0 Å². The van der Waals surface area contributed by atoms with Crippen LogP contribution >= 0.6 is 0 Å². The van der Waals surface area contributed by atoms with Gasteiger partial charge < -0.3 is 9.47 Å². The smallest absolute Gasteiger partial charge is 0.293 e. The number of rotatable bonds is 9. The van der Waals surface area contributed by atoms with Crippen LogP contribution in [0.15, 0.2) is 30.3 Å². The van der Waals surface area contributed by atoms with E-state index in [2.05, 4.69) is 16.9 Å². The molecule has 0 amide bonds. The molecule has 3 heteroatoms. The SMILES string of the molecule is O=COCCCCCOCc1ccccc1. The third kappa shape index (κ3) is 6.19. The van der Waals surface area contributed by atoms with Crippen LogP contribution in [0.2, 0.25) is 0 Å². The van der Waals surface area contributed by atoms with E-state index in [4.69, 9.17) is 4.74 Å². The lowest BCUT2D eigenvalue weighted by molar-refractivity contribution is -0.128. The lowest BCUT2D eigenvalue weighted by atomic mass is 10.2. The molecule has 0 aliphatic rings. The third-order valence-corrected chi connectivity index (χ3v) is 2.23. The molecule has 0 bridgehead atoms. The van der Waals surface area contributed by atoms with Gasteiger partial charge in [-0.05, 0) is 24.8 Å². The van der Waals surface area contributed by atoms with Crippen molar-refractivity contribution in [3.63, 3.8) is 0 Å². The molecule has 1 aromatic carbocycles. The van der Waals surface area contributed by atoms with Crippen molar-refractivity contribution in [3.05, 3.63) is 35.9 Å². The van der Waals surface area contributed by atoms with Crippen molar-refractivity contribution >= 4 is 6.47 Å². The highest BCUT2D eigenvalue weighted by atomic mass is 16.5. The molecule has 0 aliphatic carbocycles. The van der Waals surface area contributed by atoms with Gasteiger partial charge in [0.1, 0.15) is 0 Å². The molecule has 0 saturated carbocycles. The molecule has 0 spiro atoms. The van der Waals surface area contributed by atoms with Crippen molar-refractivity contribution in [2.75, 3.05) is 13.2 Å². The molecular formula is C13H18O3. The van der Waals surface area contributed by atoms with Gasteiger partial charge in [0.25, 0.3) is 6.47 Å². The van der Waals surface area contributed by atoms with Gasteiger partial charge in [0, 0.05) is 6.61 Å². The highest BCUT2D eigenvalue weighted by Crippen LogP contribution is 2.02. The molecule has 0 unspecified atom stereocenters. The summed E-state index contributed by atoms with van der Waals surface area (Å²) < 4.78 is 10.1. The predicted molar refractivity (Wildman–Crippen MR) is 62.0 cm³/mol. The highest BCUT2D eigenvalue weighted by Gasteiger charge is 1.93. The normalized spacial score (nSPS) is 10.0. The first-order valence-electron chi connectivity index (χ1n) is 5.60. The summed E-state index contributed by atoms with van der Waals surface area (Å²) in [5.74, 6) is 0. The van der Waals surface area contributed by atoms with Crippen LogP contribution in [0.4, 0.5) is 0 Å². The van der Waals surface area contributed by atoms with Crippen molar-refractivity contribution in [1.82, 2.24) is 0 Å². The van der Waals surface area contributed by atoms with Crippen molar-refractivity contribution in [2.24, 2.45) is 0 Å². The zero-order chi connectivity index (χ0) is 11.5. The molecule has 0 N–H and O–H groups in total. The van der Waals surface area contributed by atoms with Crippen LogP contribution in [0.25, 0.3) is 0 Å². The van der Waals surface area contributed by atoms with Gasteiger partial charge in [0.15, 0.2) is 0 Å². The molecule has 0 aliphatic heterocycles. The quantitative estimate of drug-likeness (QED) is 0.476.